The van der Waals surface area contributed by atoms with Gasteiger partial charge in [0.1, 0.15) is 0 Å². The van der Waals surface area contributed by atoms with Crippen LogP contribution in [0.2, 0.25) is 0 Å². The number of anilines is 1. The normalized spacial score (nSPS) is 11.3. The molecule has 0 saturated carbocycles. The zero-order valence-electron chi connectivity index (χ0n) is 8.11. The van der Waals surface area contributed by atoms with Crippen molar-refractivity contribution in [3.63, 3.8) is 0 Å². The van der Waals surface area contributed by atoms with Gasteiger partial charge in [0.15, 0.2) is 0 Å². The van der Waals surface area contributed by atoms with Gasteiger partial charge in [-0.3, -0.25) is 9.78 Å². The van der Waals surface area contributed by atoms with E-state index in [1.807, 2.05) is 13.0 Å². The zero-order chi connectivity index (χ0) is 10.4. The Bertz CT molecular complexity index is 406. The summed E-state index contributed by atoms with van der Waals surface area (Å²) in [6, 6.07) is 1.42. The lowest BCUT2D eigenvalue weighted by molar-refractivity contribution is 1.04. The van der Waals surface area contributed by atoms with Crippen molar-refractivity contribution in [3.8, 4) is 0 Å². The highest BCUT2D eigenvalue weighted by atomic mass is 16.1. The van der Waals surface area contributed by atoms with Gasteiger partial charge in [0.25, 0.3) is 5.56 Å². The van der Waals surface area contributed by atoms with E-state index in [1.165, 1.54) is 6.07 Å². The summed E-state index contributed by atoms with van der Waals surface area (Å²) in [7, 11) is 0. The maximum Gasteiger partial charge on any atom is 0.252 e. The van der Waals surface area contributed by atoms with Gasteiger partial charge < -0.3 is 0 Å². The Labute approximate surface area is 81.6 Å². The molecule has 0 amide bonds. The van der Waals surface area contributed by atoms with Crippen molar-refractivity contribution in [2.24, 2.45) is 5.10 Å². The molecule has 1 rings (SSSR count). The lowest BCUT2D eigenvalue weighted by Gasteiger charge is -1.98. The van der Waals surface area contributed by atoms with E-state index in [9.17, 15) is 4.79 Å². The predicted molar refractivity (Wildman–Crippen MR) is 56.5 cm³/mol. The van der Waals surface area contributed by atoms with Crippen molar-refractivity contribution in [2.75, 3.05) is 5.43 Å². The van der Waals surface area contributed by atoms with Crippen LogP contribution in [0.1, 0.15) is 12.6 Å². The van der Waals surface area contributed by atoms with Crippen LogP contribution in [0.15, 0.2) is 28.1 Å². The highest BCUT2D eigenvalue weighted by Gasteiger charge is 1.94. The van der Waals surface area contributed by atoms with Crippen LogP contribution in [0, 0.1) is 6.92 Å². The number of rotatable bonds is 3. The third-order valence-electron chi connectivity index (χ3n) is 1.39. The third kappa shape index (κ3) is 3.22. The van der Waals surface area contributed by atoms with E-state index in [2.05, 4.69) is 20.5 Å². The fraction of sp³-hybridized carbons (Fsp3) is 0.222. The molecule has 5 nitrogen and oxygen atoms in total. The van der Waals surface area contributed by atoms with Gasteiger partial charge in [-0.05, 0) is 19.9 Å². The summed E-state index contributed by atoms with van der Waals surface area (Å²) in [5.41, 5.74) is 3.07. The van der Waals surface area contributed by atoms with Gasteiger partial charge in [0.2, 0.25) is 5.95 Å². The lowest BCUT2D eigenvalue weighted by Crippen LogP contribution is -2.10. The van der Waals surface area contributed by atoms with Crippen molar-refractivity contribution < 1.29 is 0 Å². The number of aryl methyl sites for hydroxylation is 1. The average molecular weight is 192 g/mol. The molecule has 1 heterocycles. The smallest absolute Gasteiger partial charge is 0.252 e. The van der Waals surface area contributed by atoms with E-state index in [1.54, 1.807) is 19.2 Å². The van der Waals surface area contributed by atoms with Gasteiger partial charge in [-0.25, -0.2) is 10.4 Å². The molecule has 0 fully saturated rings. The van der Waals surface area contributed by atoms with Crippen LogP contribution in [0.3, 0.4) is 0 Å². The Hall–Kier alpha value is -1.91. The van der Waals surface area contributed by atoms with E-state index in [0.29, 0.717) is 11.6 Å². The summed E-state index contributed by atoms with van der Waals surface area (Å²) in [5, 5.41) is 3.82. The first-order valence-electron chi connectivity index (χ1n) is 4.20. The number of allylic oxidation sites excluding steroid dienone is 2. The summed E-state index contributed by atoms with van der Waals surface area (Å²) < 4.78 is 0. The molecule has 1 aromatic heterocycles. The Kier molecular flexibility index (Phi) is 3.60. The van der Waals surface area contributed by atoms with Crippen molar-refractivity contribution in [3.05, 3.63) is 34.3 Å². The van der Waals surface area contributed by atoms with Gasteiger partial charge in [-0.1, -0.05) is 6.08 Å². The highest BCUT2D eigenvalue weighted by molar-refractivity contribution is 5.71. The van der Waals surface area contributed by atoms with Gasteiger partial charge in [0.05, 0.1) is 0 Å². The number of hydrogen-bond acceptors (Lipinski definition) is 4. The van der Waals surface area contributed by atoms with Gasteiger partial charge in [-0.15, -0.1) is 0 Å². The molecule has 0 saturated heterocycles. The molecule has 2 N–H and O–H groups in total. The molecule has 0 unspecified atom stereocenters. The van der Waals surface area contributed by atoms with Crippen LogP contribution in [-0.2, 0) is 0 Å². The standard InChI is InChI=1S/C9H12N4O/c1-3-4-5-10-13-9-11-7(2)6-8(14)12-9/h3-6H,1-2H3,(H2,11,12,13,14)/b4-3+,10-5-. The molecular weight excluding hydrogens is 180 g/mol. The summed E-state index contributed by atoms with van der Waals surface area (Å²) >= 11 is 0. The first-order chi connectivity index (χ1) is 6.72. The first kappa shape index (κ1) is 10.2. The maximum absolute atomic E-state index is 11.0. The Balaban J connectivity index is 2.72. The van der Waals surface area contributed by atoms with Gasteiger partial charge >= 0.3 is 0 Å². The van der Waals surface area contributed by atoms with Crippen molar-refractivity contribution in [1.29, 1.82) is 0 Å². The van der Waals surface area contributed by atoms with E-state index in [-0.39, 0.29) is 5.56 Å². The number of aromatic nitrogens is 2. The second kappa shape index (κ2) is 4.96. The summed E-state index contributed by atoms with van der Waals surface area (Å²) in [4.78, 5) is 17.5. The molecule has 0 aliphatic rings. The summed E-state index contributed by atoms with van der Waals surface area (Å²) in [6.45, 7) is 3.63. The number of nitrogens with one attached hydrogen (secondary N) is 2. The van der Waals surface area contributed by atoms with E-state index in [0.717, 1.165) is 0 Å². The topological polar surface area (TPSA) is 70.1 Å². The molecule has 14 heavy (non-hydrogen) atoms. The van der Waals surface area contributed by atoms with Crippen LogP contribution in [0.25, 0.3) is 0 Å². The molecule has 0 atom stereocenters. The molecule has 0 spiro atoms. The minimum Gasteiger partial charge on any atom is -0.291 e. The molecule has 1 aromatic rings. The minimum absolute atomic E-state index is 0.193. The van der Waals surface area contributed by atoms with E-state index < -0.39 is 0 Å². The number of nitrogens with zero attached hydrogens (tertiary/aromatic N) is 2. The van der Waals surface area contributed by atoms with Gasteiger partial charge in [0, 0.05) is 18.0 Å². The minimum atomic E-state index is -0.193. The fourth-order valence-electron chi connectivity index (χ4n) is 0.860. The Morgan fingerprint density at radius 2 is 2.43 bits per heavy atom. The Morgan fingerprint density at radius 1 is 1.64 bits per heavy atom. The predicted octanol–water partition coefficient (Wildman–Crippen LogP) is 1.05. The van der Waals surface area contributed by atoms with Crippen molar-refractivity contribution >= 4 is 12.2 Å². The second-order valence-electron chi connectivity index (χ2n) is 2.65. The zero-order valence-corrected chi connectivity index (χ0v) is 8.11. The highest BCUT2D eigenvalue weighted by Crippen LogP contribution is 1.94. The van der Waals surface area contributed by atoms with Crippen molar-refractivity contribution in [2.45, 2.75) is 13.8 Å². The van der Waals surface area contributed by atoms with Crippen LogP contribution in [0.4, 0.5) is 5.95 Å². The molecule has 0 aromatic carbocycles. The maximum atomic E-state index is 11.0. The number of H-pyrrole nitrogens is 1. The molecule has 0 aliphatic carbocycles. The molecular formula is C9H12N4O. The summed E-state index contributed by atoms with van der Waals surface area (Å²) in [5.74, 6) is 0.343. The Morgan fingerprint density at radius 3 is 3.07 bits per heavy atom. The monoisotopic (exact) mass is 192 g/mol. The van der Waals surface area contributed by atoms with Crippen LogP contribution in [-0.4, -0.2) is 16.2 Å². The van der Waals surface area contributed by atoms with Crippen LogP contribution >= 0.6 is 0 Å². The molecule has 5 heteroatoms. The lowest BCUT2D eigenvalue weighted by atomic mass is 10.5. The van der Waals surface area contributed by atoms with E-state index in [4.69, 9.17) is 0 Å². The second-order valence-corrected chi connectivity index (χ2v) is 2.65. The molecule has 74 valence electrons. The summed E-state index contributed by atoms with van der Waals surface area (Å²) in [6.07, 6.45) is 5.18. The van der Waals surface area contributed by atoms with Gasteiger partial charge in [-0.2, -0.15) is 5.10 Å². The third-order valence-corrected chi connectivity index (χ3v) is 1.39. The number of aromatic amines is 1. The average Bonchev–Trinajstić information content (AvgIpc) is 2.11. The number of hydrazone groups is 1. The van der Waals surface area contributed by atoms with Crippen LogP contribution in [0.5, 0.6) is 0 Å². The fourth-order valence-corrected chi connectivity index (χ4v) is 0.860. The SMILES string of the molecule is C/C=C/C=N\Nc1nc(C)cc(=O)[nH]1. The van der Waals surface area contributed by atoms with Crippen molar-refractivity contribution in [1.82, 2.24) is 9.97 Å². The number of hydrogen-bond donors (Lipinski definition) is 2. The molecule has 0 radical (unpaired) electrons. The molecule has 0 bridgehead atoms. The largest absolute Gasteiger partial charge is 0.291 e. The molecule has 0 aliphatic heterocycles. The first-order valence-corrected chi connectivity index (χ1v) is 4.20. The van der Waals surface area contributed by atoms with E-state index >= 15 is 0 Å². The van der Waals surface area contributed by atoms with Crippen LogP contribution < -0.4 is 11.0 Å². The quantitative estimate of drug-likeness (QED) is 0.555.